The van der Waals surface area contributed by atoms with E-state index in [4.69, 9.17) is 29.4 Å². The maximum Gasteiger partial charge on any atom is 0.508 e. The number of esters is 3. The summed E-state index contributed by atoms with van der Waals surface area (Å²) in [4.78, 5) is 50.0. The van der Waals surface area contributed by atoms with E-state index in [0.29, 0.717) is 12.0 Å². The fourth-order valence-corrected chi connectivity index (χ4v) is 3.51. The van der Waals surface area contributed by atoms with E-state index in [1.54, 1.807) is 26.8 Å². The normalized spacial score (nSPS) is 15.1. The molecule has 0 saturated heterocycles. The maximum atomic E-state index is 12.8. The molecule has 0 aromatic heterocycles. The van der Waals surface area contributed by atoms with Crippen molar-refractivity contribution in [3.8, 4) is 11.5 Å². The van der Waals surface area contributed by atoms with Crippen molar-refractivity contribution in [2.45, 2.75) is 86.3 Å². The minimum Gasteiger partial charge on any atom is -0.468 e. The van der Waals surface area contributed by atoms with Crippen LogP contribution in [0.2, 0.25) is 0 Å². The first-order valence-electron chi connectivity index (χ1n) is 13.4. The Balaban J connectivity index is 3.32. The molecule has 0 heterocycles. The second-order valence-corrected chi connectivity index (χ2v) is 10.7. The van der Waals surface area contributed by atoms with Crippen LogP contribution in [-0.2, 0) is 35.0 Å². The van der Waals surface area contributed by atoms with E-state index in [2.05, 4.69) is 0 Å². The Morgan fingerprint density at radius 1 is 0.872 bits per heavy atom. The van der Waals surface area contributed by atoms with E-state index in [1.165, 1.54) is 19.2 Å². The van der Waals surface area contributed by atoms with Crippen LogP contribution in [0, 0.1) is 23.7 Å². The minimum atomic E-state index is -1.59. The molecule has 2 N–H and O–H groups in total. The third kappa shape index (κ3) is 10.5. The highest BCUT2D eigenvalue weighted by molar-refractivity contribution is 5.81. The molecule has 39 heavy (non-hydrogen) atoms. The quantitative estimate of drug-likeness (QED) is 0.252. The number of methoxy groups -OCH3 is 1. The van der Waals surface area contributed by atoms with Crippen LogP contribution < -0.4 is 15.2 Å². The zero-order valence-corrected chi connectivity index (χ0v) is 24.7. The van der Waals surface area contributed by atoms with Gasteiger partial charge < -0.3 is 29.4 Å². The number of rotatable bonds is 14. The summed E-state index contributed by atoms with van der Waals surface area (Å²) >= 11 is 0. The first-order valence-corrected chi connectivity index (χ1v) is 13.4. The van der Waals surface area contributed by atoms with Crippen LogP contribution in [0.15, 0.2) is 18.2 Å². The van der Waals surface area contributed by atoms with Crippen molar-refractivity contribution in [2.24, 2.45) is 29.4 Å². The van der Waals surface area contributed by atoms with Gasteiger partial charge in [0.25, 0.3) is 0 Å². The van der Waals surface area contributed by atoms with Gasteiger partial charge in [-0.15, -0.1) is 0 Å². The largest absolute Gasteiger partial charge is 0.508 e. The molecule has 0 aliphatic heterocycles. The molecule has 0 saturated carbocycles. The molecule has 1 aromatic carbocycles. The van der Waals surface area contributed by atoms with E-state index in [9.17, 15) is 19.2 Å². The lowest BCUT2D eigenvalue weighted by Gasteiger charge is -2.29. The summed E-state index contributed by atoms with van der Waals surface area (Å²) in [6, 6.07) is 4.64. The smallest absolute Gasteiger partial charge is 0.468 e. The standard InChI is InChI=1S/C29H45NO9/c1-10-13-36-28(34)37-19(6)15-29(30,27(33)35-9)16-22-11-12-23(38-25(31)20(7)17(2)3)24(14-22)39-26(32)21(8)18(4)5/h11-12,14,17-21H,10,13,15-16,30H2,1-9H3/t19-,20?,21?,29?/m0/s1. The van der Waals surface area contributed by atoms with Crippen molar-refractivity contribution in [3.05, 3.63) is 23.8 Å². The molecule has 4 atom stereocenters. The monoisotopic (exact) mass is 551 g/mol. The van der Waals surface area contributed by atoms with E-state index in [-0.39, 0.29) is 48.7 Å². The molecule has 0 spiro atoms. The van der Waals surface area contributed by atoms with Crippen molar-refractivity contribution in [3.63, 3.8) is 0 Å². The highest BCUT2D eigenvalue weighted by Crippen LogP contribution is 2.33. The van der Waals surface area contributed by atoms with Gasteiger partial charge in [-0.1, -0.05) is 54.5 Å². The van der Waals surface area contributed by atoms with Crippen LogP contribution in [0.4, 0.5) is 4.79 Å². The third-order valence-electron chi connectivity index (χ3n) is 6.66. The Kier molecular flexibility index (Phi) is 13.4. The predicted molar refractivity (Wildman–Crippen MR) is 145 cm³/mol. The number of ether oxygens (including phenoxy) is 5. The molecule has 0 radical (unpaired) electrons. The Bertz CT molecular complexity index is 991. The van der Waals surface area contributed by atoms with Crippen molar-refractivity contribution >= 4 is 24.1 Å². The van der Waals surface area contributed by atoms with Gasteiger partial charge in [0.15, 0.2) is 11.5 Å². The van der Waals surface area contributed by atoms with E-state index < -0.39 is 41.6 Å². The zero-order chi connectivity index (χ0) is 29.9. The second-order valence-electron chi connectivity index (χ2n) is 10.7. The first-order chi connectivity index (χ1) is 18.1. The van der Waals surface area contributed by atoms with Gasteiger partial charge in [0, 0.05) is 12.8 Å². The van der Waals surface area contributed by atoms with Crippen LogP contribution in [0.1, 0.15) is 73.8 Å². The van der Waals surface area contributed by atoms with E-state index in [0.717, 1.165) is 0 Å². The summed E-state index contributed by atoms with van der Waals surface area (Å²) in [5, 5.41) is 0. The van der Waals surface area contributed by atoms with Crippen LogP contribution in [0.3, 0.4) is 0 Å². The predicted octanol–water partition coefficient (Wildman–Crippen LogP) is 4.84. The molecule has 10 heteroatoms. The summed E-state index contributed by atoms with van der Waals surface area (Å²) in [6.07, 6.45) is -1.09. The summed E-state index contributed by atoms with van der Waals surface area (Å²) in [5.41, 5.74) is 5.42. The van der Waals surface area contributed by atoms with Crippen LogP contribution >= 0.6 is 0 Å². The summed E-state index contributed by atoms with van der Waals surface area (Å²) in [5.74, 6) is -2.28. The first kappa shape index (κ1) is 33.9. The fraction of sp³-hybridized carbons (Fsp3) is 0.655. The van der Waals surface area contributed by atoms with Gasteiger partial charge in [0.1, 0.15) is 11.6 Å². The molecule has 0 amide bonds. The van der Waals surface area contributed by atoms with Crippen molar-refractivity contribution < 1.29 is 42.9 Å². The van der Waals surface area contributed by atoms with Gasteiger partial charge in [0.2, 0.25) is 0 Å². The van der Waals surface area contributed by atoms with Gasteiger partial charge in [-0.2, -0.15) is 0 Å². The summed E-state index contributed by atoms with van der Waals surface area (Å²) in [6.45, 7) is 14.8. The van der Waals surface area contributed by atoms with Crippen molar-refractivity contribution in [1.82, 2.24) is 0 Å². The third-order valence-corrected chi connectivity index (χ3v) is 6.66. The molecule has 10 nitrogen and oxygen atoms in total. The van der Waals surface area contributed by atoms with Gasteiger partial charge in [-0.25, -0.2) is 4.79 Å². The Morgan fingerprint density at radius 3 is 1.90 bits per heavy atom. The zero-order valence-electron chi connectivity index (χ0n) is 24.7. The molecule has 0 fully saturated rings. The maximum absolute atomic E-state index is 12.8. The summed E-state index contributed by atoms with van der Waals surface area (Å²) in [7, 11) is 1.21. The SMILES string of the molecule is CCCOC(=O)O[C@@H](C)CC(N)(Cc1ccc(OC(=O)C(C)C(C)C)c(OC(=O)C(C)C(C)C)c1)C(=O)OC. The number of nitrogens with two attached hydrogens (primary N) is 1. The Labute approximate surface area is 231 Å². The lowest BCUT2D eigenvalue weighted by atomic mass is 9.86. The molecule has 1 rings (SSSR count). The number of carbonyl (C=O) groups excluding carboxylic acids is 4. The van der Waals surface area contributed by atoms with Gasteiger partial charge >= 0.3 is 24.1 Å². The highest BCUT2D eigenvalue weighted by Gasteiger charge is 2.38. The van der Waals surface area contributed by atoms with Crippen molar-refractivity contribution in [1.29, 1.82) is 0 Å². The molecule has 0 aliphatic rings. The average Bonchev–Trinajstić information content (AvgIpc) is 2.86. The fourth-order valence-electron chi connectivity index (χ4n) is 3.51. The highest BCUT2D eigenvalue weighted by atomic mass is 16.7. The van der Waals surface area contributed by atoms with Crippen LogP contribution in [0.25, 0.3) is 0 Å². The molecule has 0 aliphatic carbocycles. The van der Waals surface area contributed by atoms with Gasteiger partial charge in [0.05, 0.1) is 25.6 Å². The molecule has 1 aromatic rings. The number of carbonyl (C=O) groups is 4. The minimum absolute atomic E-state index is 0.0224. The van der Waals surface area contributed by atoms with Crippen molar-refractivity contribution in [2.75, 3.05) is 13.7 Å². The molecule has 3 unspecified atom stereocenters. The molecule has 220 valence electrons. The topological polar surface area (TPSA) is 140 Å². The van der Waals surface area contributed by atoms with E-state index >= 15 is 0 Å². The van der Waals surface area contributed by atoms with Gasteiger partial charge in [-0.05, 0) is 42.9 Å². The van der Waals surface area contributed by atoms with E-state index in [1.807, 2.05) is 34.6 Å². The van der Waals surface area contributed by atoms with Crippen LogP contribution in [-0.4, -0.2) is 49.4 Å². The number of benzene rings is 1. The lowest BCUT2D eigenvalue weighted by Crippen LogP contribution is -2.53. The van der Waals surface area contributed by atoms with Crippen LogP contribution in [0.5, 0.6) is 11.5 Å². The second kappa shape index (κ2) is 15.5. The Hall–Kier alpha value is -3.14. The molecular weight excluding hydrogens is 506 g/mol. The van der Waals surface area contributed by atoms with Gasteiger partial charge in [-0.3, -0.25) is 14.4 Å². The Morgan fingerprint density at radius 2 is 1.41 bits per heavy atom. The average molecular weight is 552 g/mol. The summed E-state index contributed by atoms with van der Waals surface area (Å²) < 4.78 is 26.4. The lowest BCUT2D eigenvalue weighted by molar-refractivity contribution is -0.148. The molecular formula is C29H45NO9. The number of hydrogen-bond acceptors (Lipinski definition) is 10. The molecule has 0 bridgehead atoms. The number of hydrogen-bond donors (Lipinski definition) is 1.